The van der Waals surface area contributed by atoms with Gasteiger partial charge in [0.15, 0.2) is 0 Å². The minimum Gasteiger partial charge on any atom is -0.493 e. The molecule has 0 saturated carbocycles. The Morgan fingerprint density at radius 3 is 2.61 bits per heavy atom. The van der Waals surface area contributed by atoms with Crippen molar-refractivity contribution >= 4 is 46.2 Å². The molecule has 1 unspecified atom stereocenters. The first-order chi connectivity index (χ1) is 11.0. The highest BCUT2D eigenvalue weighted by Gasteiger charge is 2.44. The summed E-state index contributed by atoms with van der Waals surface area (Å²) in [4.78, 5) is 49.1. The van der Waals surface area contributed by atoms with Crippen LogP contribution in [-0.4, -0.2) is 45.6 Å². The van der Waals surface area contributed by atoms with Crippen LogP contribution in [0.5, 0.6) is 5.75 Å². The summed E-state index contributed by atoms with van der Waals surface area (Å²) in [5.74, 6) is -1.54. The molecule has 0 aliphatic carbocycles. The van der Waals surface area contributed by atoms with Gasteiger partial charge in [0.2, 0.25) is 11.8 Å². The molecule has 2 heterocycles. The summed E-state index contributed by atoms with van der Waals surface area (Å²) in [6, 6.07) is 3.74. The molecule has 7 nitrogen and oxygen atoms in total. The van der Waals surface area contributed by atoms with Crippen LogP contribution in [0.25, 0.3) is 0 Å². The summed E-state index contributed by atoms with van der Waals surface area (Å²) in [5, 5.41) is 2.16. The molecule has 120 valence electrons. The van der Waals surface area contributed by atoms with Crippen LogP contribution in [0.1, 0.15) is 33.6 Å². The molecule has 23 heavy (non-hydrogen) atoms. The highest BCUT2D eigenvalue weighted by atomic mass is 127. The standard InChI is InChI=1S/C15H13IN2O5/c16-5-6-23-8-1-2-9-10(7-8)15(22)18(14(9)21)11-3-4-12(19)17-13(11)20/h1-2,7,11H,3-6H2,(H,17,19,20). The van der Waals surface area contributed by atoms with E-state index in [4.69, 9.17) is 4.74 Å². The highest BCUT2D eigenvalue weighted by molar-refractivity contribution is 14.1. The average molecular weight is 428 g/mol. The van der Waals surface area contributed by atoms with Crippen LogP contribution in [0, 0.1) is 0 Å². The van der Waals surface area contributed by atoms with E-state index in [2.05, 4.69) is 27.9 Å². The zero-order valence-electron chi connectivity index (χ0n) is 12.0. The predicted molar refractivity (Wildman–Crippen MR) is 87.5 cm³/mol. The fourth-order valence-corrected chi connectivity index (χ4v) is 2.92. The number of rotatable bonds is 4. The molecule has 0 aromatic heterocycles. The number of nitrogens with one attached hydrogen (secondary N) is 1. The number of hydrogen-bond donors (Lipinski definition) is 1. The van der Waals surface area contributed by atoms with E-state index in [9.17, 15) is 19.2 Å². The second kappa shape index (κ2) is 6.26. The predicted octanol–water partition coefficient (Wildman–Crippen LogP) is 0.902. The van der Waals surface area contributed by atoms with Gasteiger partial charge in [-0.3, -0.25) is 29.4 Å². The van der Waals surface area contributed by atoms with Crippen molar-refractivity contribution in [3.8, 4) is 5.75 Å². The van der Waals surface area contributed by atoms with Crippen molar-refractivity contribution in [2.45, 2.75) is 18.9 Å². The molecule has 2 aliphatic rings. The van der Waals surface area contributed by atoms with Gasteiger partial charge in [0.25, 0.3) is 11.8 Å². The van der Waals surface area contributed by atoms with E-state index < -0.39 is 29.7 Å². The van der Waals surface area contributed by atoms with E-state index in [-0.39, 0.29) is 24.0 Å². The molecule has 2 aliphatic heterocycles. The lowest BCUT2D eigenvalue weighted by atomic mass is 10.0. The molecular weight excluding hydrogens is 415 g/mol. The zero-order chi connectivity index (χ0) is 16.6. The fourth-order valence-electron chi connectivity index (χ4n) is 2.70. The van der Waals surface area contributed by atoms with E-state index in [0.29, 0.717) is 12.4 Å². The van der Waals surface area contributed by atoms with E-state index in [1.54, 1.807) is 6.07 Å². The van der Waals surface area contributed by atoms with Gasteiger partial charge in [-0.05, 0) is 24.6 Å². The van der Waals surface area contributed by atoms with E-state index in [1.165, 1.54) is 12.1 Å². The van der Waals surface area contributed by atoms with Crippen molar-refractivity contribution < 1.29 is 23.9 Å². The Bertz CT molecular complexity index is 718. The molecule has 1 N–H and O–H groups in total. The van der Waals surface area contributed by atoms with E-state index in [0.717, 1.165) is 9.33 Å². The van der Waals surface area contributed by atoms with E-state index >= 15 is 0 Å². The third-order valence-electron chi connectivity index (χ3n) is 3.76. The summed E-state index contributed by atoms with van der Waals surface area (Å²) >= 11 is 2.17. The number of carbonyl (C=O) groups excluding carboxylic acids is 4. The lowest BCUT2D eigenvalue weighted by Crippen LogP contribution is -2.54. The Morgan fingerprint density at radius 2 is 1.91 bits per heavy atom. The summed E-state index contributed by atoms with van der Waals surface area (Å²) in [6.07, 6.45) is 0.252. The van der Waals surface area contributed by atoms with E-state index in [1.807, 2.05) is 0 Å². The molecule has 3 rings (SSSR count). The lowest BCUT2D eigenvalue weighted by Gasteiger charge is -2.27. The molecule has 1 aromatic rings. The molecule has 1 aromatic carbocycles. The van der Waals surface area contributed by atoms with Crippen molar-refractivity contribution in [1.29, 1.82) is 0 Å². The summed E-state index contributed by atoms with van der Waals surface area (Å²) in [6.45, 7) is 0.498. The van der Waals surface area contributed by atoms with Crippen LogP contribution in [0.2, 0.25) is 0 Å². The minimum absolute atomic E-state index is 0.105. The average Bonchev–Trinajstić information content (AvgIpc) is 2.77. The maximum absolute atomic E-state index is 12.5. The van der Waals surface area contributed by atoms with Crippen LogP contribution in [0.15, 0.2) is 18.2 Å². The Morgan fingerprint density at radius 1 is 1.17 bits per heavy atom. The second-order valence-corrected chi connectivity index (χ2v) is 6.27. The SMILES string of the molecule is O=C1CCC(N2C(=O)c3ccc(OCCI)cc3C2=O)C(=O)N1. The molecule has 1 fully saturated rings. The maximum atomic E-state index is 12.5. The van der Waals surface area contributed by atoms with Crippen LogP contribution < -0.4 is 10.1 Å². The molecule has 0 spiro atoms. The van der Waals surface area contributed by atoms with Crippen LogP contribution >= 0.6 is 22.6 Å². The Hall–Kier alpha value is -1.97. The van der Waals surface area contributed by atoms with Gasteiger partial charge in [-0.15, -0.1) is 0 Å². The van der Waals surface area contributed by atoms with Gasteiger partial charge in [0.05, 0.1) is 17.7 Å². The second-order valence-electron chi connectivity index (χ2n) is 5.19. The summed E-state index contributed by atoms with van der Waals surface area (Å²) in [7, 11) is 0. The number of imide groups is 2. The first-order valence-corrected chi connectivity index (χ1v) is 8.60. The number of benzene rings is 1. The van der Waals surface area contributed by atoms with Crippen molar-refractivity contribution in [2.75, 3.05) is 11.0 Å². The number of alkyl halides is 1. The Balaban J connectivity index is 1.88. The van der Waals surface area contributed by atoms with Crippen molar-refractivity contribution in [3.63, 3.8) is 0 Å². The fraction of sp³-hybridized carbons (Fsp3) is 0.333. The number of nitrogens with zero attached hydrogens (tertiary/aromatic N) is 1. The monoisotopic (exact) mass is 428 g/mol. The quantitative estimate of drug-likeness (QED) is 0.437. The minimum atomic E-state index is -0.946. The third-order valence-corrected chi connectivity index (χ3v) is 4.20. The molecular formula is C15H13IN2O5. The maximum Gasteiger partial charge on any atom is 0.262 e. The van der Waals surface area contributed by atoms with Gasteiger partial charge < -0.3 is 4.74 Å². The number of carbonyl (C=O) groups is 4. The number of hydrogen-bond acceptors (Lipinski definition) is 5. The first kappa shape index (κ1) is 15.9. The third kappa shape index (κ3) is 2.82. The molecule has 1 atom stereocenters. The zero-order valence-corrected chi connectivity index (χ0v) is 14.2. The van der Waals surface area contributed by atoms with Crippen molar-refractivity contribution in [2.24, 2.45) is 0 Å². The summed E-state index contributed by atoms with van der Waals surface area (Å²) < 4.78 is 6.26. The van der Waals surface area contributed by atoms with Crippen molar-refractivity contribution in [3.05, 3.63) is 29.3 Å². The highest BCUT2D eigenvalue weighted by Crippen LogP contribution is 2.30. The number of halogens is 1. The Kier molecular flexibility index (Phi) is 4.33. The molecule has 4 amide bonds. The molecule has 0 radical (unpaired) electrons. The smallest absolute Gasteiger partial charge is 0.262 e. The number of piperidine rings is 1. The number of ether oxygens (including phenoxy) is 1. The van der Waals surface area contributed by atoms with Gasteiger partial charge in [0, 0.05) is 10.8 Å². The van der Waals surface area contributed by atoms with Gasteiger partial charge in [0.1, 0.15) is 11.8 Å². The van der Waals surface area contributed by atoms with Crippen molar-refractivity contribution in [1.82, 2.24) is 10.2 Å². The molecule has 1 saturated heterocycles. The van der Waals surface area contributed by atoms with Crippen LogP contribution in [0.3, 0.4) is 0 Å². The van der Waals surface area contributed by atoms with Gasteiger partial charge >= 0.3 is 0 Å². The van der Waals surface area contributed by atoms with Gasteiger partial charge in [-0.2, -0.15) is 0 Å². The molecule has 8 heteroatoms. The first-order valence-electron chi connectivity index (χ1n) is 7.07. The normalized spacial score (nSPS) is 20.6. The number of fused-ring (bicyclic) bond motifs is 1. The largest absolute Gasteiger partial charge is 0.493 e. The van der Waals surface area contributed by atoms with Gasteiger partial charge in [-0.1, -0.05) is 22.6 Å². The van der Waals surface area contributed by atoms with Crippen LogP contribution in [-0.2, 0) is 9.59 Å². The topological polar surface area (TPSA) is 92.8 Å². The Labute approximate surface area is 145 Å². The van der Waals surface area contributed by atoms with Gasteiger partial charge in [-0.25, -0.2) is 0 Å². The van der Waals surface area contributed by atoms with Crippen LogP contribution in [0.4, 0.5) is 0 Å². The molecule has 0 bridgehead atoms. The lowest BCUT2D eigenvalue weighted by molar-refractivity contribution is -0.136. The summed E-state index contributed by atoms with van der Waals surface area (Å²) in [5.41, 5.74) is 0.479. The number of amides is 4.